The summed E-state index contributed by atoms with van der Waals surface area (Å²) in [7, 11) is 3.34. The topological polar surface area (TPSA) is 60.3 Å². The number of methoxy groups -OCH3 is 1. The van der Waals surface area contributed by atoms with E-state index in [-0.39, 0.29) is 11.7 Å². The molecule has 180 valence electrons. The van der Waals surface area contributed by atoms with Gasteiger partial charge in [0.25, 0.3) is 0 Å². The van der Waals surface area contributed by atoms with Crippen molar-refractivity contribution < 1.29 is 13.9 Å². The smallest absolute Gasteiger partial charge is 0.235 e. The van der Waals surface area contributed by atoms with Crippen LogP contribution in [0.3, 0.4) is 0 Å². The Bertz CT molecular complexity index is 1320. The van der Waals surface area contributed by atoms with Crippen LogP contribution < -0.4 is 4.74 Å². The van der Waals surface area contributed by atoms with Crippen LogP contribution in [-0.2, 0) is 11.3 Å². The van der Waals surface area contributed by atoms with Crippen LogP contribution in [0, 0.1) is 12.7 Å². The van der Waals surface area contributed by atoms with E-state index < -0.39 is 5.25 Å². The van der Waals surface area contributed by atoms with E-state index in [1.54, 1.807) is 31.2 Å². The first-order chi connectivity index (χ1) is 16.9. The second-order valence-corrected chi connectivity index (χ2v) is 9.57. The number of amides is 1. The molecule has 0 fully saturated rings. The molecule has 4 rings (SSSR count). The van der Waals surface area contributed by atoms with Crippen molar-refractivity contribution in [3.8, 4) is 22.8 Å². The SMILES string of the molecule is COc1ccccc1-c1nnc(S[C@@H](C)C(=O)N(C)Cc2cccc(F)c2)n1-c1ccc(C)cc1. The molecule has 0 N–H and O–H groups in total. The molecule has 1 atom stereocenters. The molecular formula is C27H27FN4O2S. The van der Waals surface area contributed by atoms with Crippen molar-refractivity contribution in [2.45, 2.75) is 30.8 Å². The Balaban J connectivity index is 1.64. The van der Waals surface area contributed by atoms with Gasteiger partial charge in [0, 0.05) is 19.3 Å². The van der Waals surface area contributed by atoms with Crippen molar-refractivity contribution in [1.82, 2.24) is 19.7 Å². The summed E-state index contributed by atoms with van der Waals surface area (Å²) in [6.45, 7) is 4.19. The van der Waals surface area contributed by atoms with Crippen LogP contribution in [0.15, 0.2) is 78.0 Å². The summed E-state index contributed by atoms with van der Waals surface area (Å²) in [5.41, 5.74) is 3.56. The molecule has 1 amide bonds. The van der Waals surface area contributed by atoms with Gasteiger partial charge in [0.2, 0.25) is 5.91 Å². The summed E-state index contributed by atoms with van der Waals surface area (Å²) in [6, 6.07) is 22.0. The van der Waals surface area contributed by atoms with Gasteiger partial charge in [-0.2, -0.15) is 0 Å². The van der Waals surface area contributed by atoms with Gasteiger partial charge in [0.15, 0.2) is 11.0 Å². The summed E-state index contributed by atoms with van der Waals surface area (Å²) in [4.78, 5) is 14.7. The second-order valence-electron chi connectivity index (χ2n) is 8.26. The normalized spacial score (nSPS) is 11.8. The number of aryl methyl sites for hydroxylation is 1. The Morgan fingerprint density at radius 2 is 1.83 bits per heavy atom. The molecule has 4 aromatic rings. The van der Waals surface area contributed by atoms with Gasteiger partial charge in [-0.1, -0.05) is 53.7 Å². The molecule has 35 heavy (non-hydrogen) atoms. The van der Waals surface area contributed by atoms with Crippen LogP contribution in [0.2, 0.25) is 0 Å². The summed E-state index contributed by atoms with van der Waals surface area (Å²) < 4.78 is 21.1. The zero-order valence-electron chi connectivity index (χ0n) is 20.1. The van der Waals surface area contributed by atoms with Gasteiger partial charge in [-0.15, -0.1) is 10.2 Å². The first-order valence-corrected chi connectivity index (χ1v) is 12.1. The third-order valence-electron chi connectivity index (χ3n) is 5.59. The van der Waals surface area contributed by atoms with Gasteiger partial charge in [0.05, 0.1) is 17.9 Å². The number of para-hydroxylation sites is 1. The van der Waals surface area contributed by atoms with Gasteiger partial charge in [-0.05, 0) is 55.8 Å². The predicted octanol–water partition coefficient (Wildman–Crippen LogP) is 5.53. The van der Waals surface area contributed by atoms with E-state index in [2.05, 4.69) is 10.2 Å². The van der Waals surface area contributed by atoms with Crippen LogP contribution in [0.4, 0.5) is 4.39 Å². The minimum Gasteiger partial charge on any atom is -0.496 e. The average molecular weight is 491 g/mol. The Labute approximate surface area is 208 Å². The van der Waals surface area contributed by atoms with E-state index in [1.807, 2.05) is 66.9 Å². The third kappa shape index (κ3) is 5.54. The lowest BCUT2D eigenvalue weighted by Crippen LogP contribution is -2.33. The standard InChI is InChI=1S/C27H27FN4O2S/c1-18-12-14-22(15-13-18)32-25(23-10-5-6-11-24(23)34-4)29-30-27(32)35-19(2)26(33)31(3)17-20-8-7-9-21(28)16-20/h5-16,19H,17H2,1-4H3/t19-/m0/s1. The van der Waals surface area contributed by atoms with Crippen LogP contribution in [0.1, 0.15) is 18.1 Å². The summed E-state index contributed by atoms with van der Waals surface area (Å²) in [6.07, 6.45) is 0. The molecule has 0 spiro atoms. The maximum absolute atomic E-state index is 13.6. The molecule has 0 bridgehead atoms. The summed E-state index contributed by atoms with van der Waals surface area (Å²) in [5, 5.41) is 9.07. The quantitative estimate of drug-likeness (QED) is 0.304. The van der Waals surface area contributed by atoms with Crippen LogP contribution in [0.25, 0.3) is 17.1 Å². The third-order valence-corrected chi connectivity index (χ3v) is 6.62. The number of thioether (sulfide) groups is 1. The number of carbonyl (C=O) groups is 1. The first kappa shape index (κ1) is 24.5. The molecule has 1 heterocycles. The van der Waals surface area contributed by atoms with Crippen molar-refractivity contribution in [3.05, 3.63) is 89.7 Å². The highest BCUT2D eigenvalue weighted by atomic mass is 32.2. The summed E-state index contributed by atoms with van der Waals surface area (Å²) >= 11 is 1.33. The minimum absolute atomic E-state index is 0.0865. The molecule has 6 nitrogen and oxygen atoms in total. The van der Waals surface area contributed by atoms with E-state index in [0.29, 0.717) is 23.3 Å². The lowest BCUT2D eigenvalue weighted by Gasteiger charge is -2.21. The number of benzene rings is 3. The highest BCUT2D eigenvalue weighted by Gasteiger charge is 2.25. The molecular weight excluding hydrogens is 463 g/mol. The zero-order valence-corrected chi connectivity index (χ0v) is 20.9. The molecule has 0 saturated carbocycles. The van der Waals surface area contributed by atoms with Gasteiger partial charge in [-0.25, -0.2) is 4.39 Å². The highest BCUT2D eigenvalue weighted by molar-refractivity contribution is 8.00. The maximum Gasteiger partial charge on any atom is 0.235 e. The van der Waals surface area contributed by atoms with E-state index in [4.69, 9.17) is 4.74 Å². The number of hydrogen-bond donors (Lipinski definition) is 0. The number of nitrogens with zero attached hydrogens (tertiary/aromatic N) is 4. The van der Waals surface area contributed by atoms with E-state index in [9.17, 15) is 9.18 Å². The average Bonchev–Trinajstić information content (AvgIpc) is 3.27. The highest BCUT2D eigenvalue weighted by Crippen LogP contribution is 2.34. The number of carbonyl (C=O) groups excluding carboxylic acids is 1. The molecule has 0 aliphatic carbocycles. The van der Waals surface area contributed by atoms with Crippen molar-refractivity contribution in [3.63, 3.8) is 0 Å². The van der Waals surface area contributed by atoms with Crippen molar-refractivity contribution in [2.24, 2.45) is 0 Å². The Kier molecular flexibility index (Phi) is 7.51. The van der Waals surface area contributed by atoms with Gasteiger partial charge < -0.3 is 9.64 Å². The minimum atomic E-state index is -0.438. The number of hydrogen-bond acceptors (Lipinski definition) is 5. The van der Waals surface area contributed by atoms with Crippen LogP contribution in [-0.4, -0.2) is 45.0 Å². The Hall–Kier alpha value is -3.65. The fourth-order valence-corrected chi connectivity index (χ4v) is 4.76. The molecule has 0 saturated heterocycles. The second kappa shape index (κ2) is 10.7. The van der Waals surface area contributed by atoms with E-state index in [0.717, 1.165) is 22.4 Å². The number of aromatic nitrogens is 3. The first-order valence-electron chi connectivity index (χ1n) is 11.2. The number of rotatable bonds is 8. The molecule has 8 heteroatoms. The lowest BCUT2D eigenvalue weighted by atomic mass is 10.1. The maximum atomic E-state index is 13.6. The molecule has 0 unspecified atom stereocenters. The fraction of sp³-hybridized carbons (Fsp3) is 0.222. The van der Waals surface area contributed by atoms with Crippen LogP contribution in [0.5, 0.6) is 5.75 Å². The fourth-order valence-electron chi connectivity index (χ4n) is 3.78. The molecule has 0 aliphatic rings. The largest absolute Gasteiger partial charge is 0.496 e. The zero-order chi connectivity index (χ0) is 24.9. The molecule has 3 aromatic carbocycles. The lowest BCUT2D eigenvalue weighted by molar-refractivity contribution is -0.129. The van der Waals surface area contributed by atoms with Crippen molar-refractivity contribution in [2.75, 3.05) is 14.2 Å². The predicted molar refractivity (Wildman–Crippen MR) is 136 cm³/mol. The van der Waals surface area contributed by atoms with Gasteiger partial charge >= 0.3 is 0 Å². The number of halogens is 1. The van der Waals surface area contributed by atoms with E-state index >= 15 is 0 Å². The van der Waals surface area contributed by atoms with Gasteiger partial charge in [0.1, 0.15) is 11.6 Å². The van der Waals surface area contributed by atoms with Crippen molar-refractivity contribution in [1.29, 1.82) is 0 Å². The molecule has 0 aliphatic heterocycles. The Morgan fingerprint density at radius 1 is 1.09 bits per heavy atom. The van der Waals surface area contributed by atoms with Crippen molar-refractivity contribution >= 4 is 17.7 Å². The summed E-state index contributed by atoms with van der Waals surface area (Å²) in [5.74, 6) is 0.905. The monoisotopic (exact) mass is 490 g/mol. The van der Waals surface area contributed by atoms with Gasteiger partial charge in [-0.3, -0.25) is 9.36 Å². The van der Waals surface area contributed by atoms with E-state index in [1.165, 1.54) is 23.9 Å². The number of ether oxygens (including phenoxy) is 1. The van der Waals surface area contributed by atoms with Crippen LogP contribution >= 0.6 is 11.8 Å². The molecule has 1 aromatic heterocycles. The molecule has 0 radical (unpaired) electrons. The Morgan fingerprint density at radius 3 is 2.54 bits per heavy atom.